The van der Waals surface area contributed by atoms with Crippen LogP contribution in [0.1, 0.15) is 12.5 Å². The number of piperazine rings is 1. The number of amides is 1. The molecule has 1 N–H and O–H groups in total. The zero-order valence-electron chi connectivity index (χ0n) is 15.9. The Morgan fingerprint density at radius 3 is 2.54 bits per heavy atom. The van der Waals surface area contributed by atoms with Crippen LogP contribution in [-0.4, -0.2) is 86.6 Å². The maximum Gasteiger partial charge on any atom is 0.241 e. The molecule has 0 bridgehead atoms. The highest BCUT2D eigenvalue weighted by Gasteiger charge is 2.32. The van der Waals surface area contributed by atoms with E-state index in [0.717, 1.165) is 62.7 Å². The highest BCUT2D eigenvalue weighted by Crippen LogP contribution is 2.31. The second-order valence-corrected chi connectivity index (χ2v) is 7.55. The third-order valence-electron chi connectivity index (χ3n) is 5.41. The standard InChI is InChI=1S/C19H29ClN4O2/c1-4-14-9-18(26-3)17(10-16(14)20)21-11-19(25)24-7-5-23(6-8-24)15-12-22(2)13-15/h9-10,15,21H,4-8,11-13H2,1-3H3. The average Bonchev–Trinajstić information content (AvgIpc) is 2.63. The molecule has 0 saturated carbocycles. The third-order valence-corrected chi connectivity index (χ3v) is 5.76. The number of likely N-dealkylation sites (tertiary alicyclic amines) is 1. The number of halogens is 1. The van der Waals surface area contributed by atoms with Gasteiger partial charge in [0.15, 0.2) is 0 Å². The molecule has 2 heterocycles. The fraction of sp³-hybridized carbons (Fsp3) is 0.632. The van der Waals surface area contributed by atoms with Crippen LogP contribution in [0.15, 0.2) is 12.1 Å². The molecule has 2 aliphatic heterocycles. The molecule has 2 saturated heterocycles. The minimum absolute atomic E-state index is 0.119. The van der Waals surface area contributed by atoms with Crippen molar-refractivity contribution in [1.29, 1.82) is 0 Å². The molecule has 7 heteroatoms. The number of carbonyl (C=O) groups excluding carboxylic acids is 1. The first kappa shape index (κ1) is 19.3. The van der Waals surface area contributed by atoms with Crippen molar-refractivity contribution in [3.8, 4) is 5.75 Å². The first-order valence-corrected chi connectivity index (χ1v) is 9.70. The van der Waals surface area contributed by atoms with E-state index in [2.05, 4.69) is 29.1 Å². The molecule has 0 atom stereocenters. The SMILES string of the molecule is CCc1cc(OC)c(NCC(=O)N2CCN(C3CN(C)C3)CC2)cc1Cl. The van der Waals surface area contributed by atoms with E-state index >= 15 is 0 Å². The number of benzene rings is 1. The first-order chi connectivity index (χ1) is 12.5. The molecule has 1 aromatic rings. The maximum atomic E-state index is 12.6. The summed E-state index contributed by atoms with van der Waals surface area (Å²) < 4.78 is 5.43. The Morgan fingerprint density at radius 1 is 1.27 bits per heavy atom. The van der Waals surface area contributed by atoms with E-state index in [1.807, 2.05) is 17.0 Å². The van der Waals surface area contributed by atoms with Gasteiger partial charge in [-0.25, -0.2) is 0 Å². The van der Waals surface area contributed by atoms with Crippen molar-refractivity contribution in [2.24, 2.45) is 0 Å². The zero-order valence-corrected chi connectivity index (χ0v) is 16.7. The largest absolute Gasteiger partial charge is 0.495 e. The van der Waals surface area contributed by atoms with Gasteiger partial charge in [0.25, 0.3) is 0 Å². The van der Waals surface area contributed by atoms with Gasteiger partial charge in [-0.1, -0.05) is 18.5 Å². The molecule has 2 aliphatic rings. The Balaban J connectivity index is 1.51. The Labute approximate surface area is 161 Å². The summed E-state index contributed by atoms with van der Waals surface area (Å²) in [7, 11) is 3.78. The second kappa shape index (κ2) is 8.46. The maximum absolute atomic E-state index is 12.6. The van der Waals surface area contributed by atoms with Gasteiger partial charge in [0.05, 0.1) is 19.3 Å². The molecule has 0 spiro atoms. The van der Waals surface area contributed by atoms with Crippen molar-refractivity contribution in [3.05, 3.63) is 22.7 Å². The Hall–Kier alpha value is -1.50. The van der Waals surface area contributed by atoms with E-state index in [-0.39, 0.29) is 12.5 Å². The van der Waals surface area contributed by atoms with Crippen molar-refractivity contribution < 1.29 is 9.53 Å². The topological polar surface area (TPSA) is 48.1 Å². The fourth-order valence-electron chi connectivity index (χ4n) is 3.69. The molecule has 6 nitrogen and oxygen atoms in total. The number of nitrogens with zero attached hydrogens (tertiary/aromatic N) is 3. The lowest BCUT2D eigenvalue weighted by molar-refractivity contribution is -0.131. The van der Waals surface area contributed by atoms with Crippen LogP contribution in [-0.2, 0) is 11.2 Å². The molecule has 0 aliphatic carbocycles. The lowest BCUT2D eigenvalue weighted by Crippen LogP contribution is -2.62. The van der Waals surface area contributed by atoms with Gasteiger partial charge in [-0.3, -0.25) is 9.69 Å². The van der Waals surface area contributed by atoms with Crippen molar-refractivity contribution in [2.45, 2.75) is 19.4 Å². The Bertz CT molecular complexity index is 641. The predicted octanol–water partition coefficient (Wildman–Crippen LogP) is 1.78. The smallest absolute Gasteiger partial charge is 0.241 e. The van der Waals surface area contributed by atoms with Crippen LogP contribution in [0.5, 0.6) is 5.75 Å². The molecule has 0 radical (unpaired) electrons. The van der Waals surface area contributed by atoms with Gasteiger partial charge in [0.2, 0.25) is 5.91 Å². The number of hydrogen-bond donors (Lipinski definition) is 1. The summed E-state index contributed by atoms with van der Waals surface area (Å²) in [5, 5.41) is 3.89. The van der Waals surface area contributed by atoms with Crippen LogP contribution in [0.25, 0.3) is 0 Å². The van der Waals surface area contributed by atoms with E-state index in [9.17, 15) is 4.79 Å². The molecular weight excluding hydrogens is 352 g/mol. The number of rotatable bonds is 6. The Kier molecular flexibility index (Phi) is 6.27. The molecule has 3 rings (SSSR count). The van der Waals surface area contributed by atoms with Crippen LogP contribution in [0, 0.1) is 0 Å². The molecule has 144 valence electrons. The van der Waals surface area contributed by atoms with Gasteiger partial charge in [-0.2, -0.15) is 0 Å². The normalized spacial score (nSPS) is 19.3. The molecular formula is C19H29ClN4O2. The summed E-state index contributed by atoms with van der Waals surface area (Å²) in [5.74, 6) is 0.839. The van der Waals surface area contributed by atoms with Gasteiger partial charge in [0.1, 0.15) is 5.75 Å². The number of likely N-dealkylation sites (N-methyl/N-ethyl adjacent to an activating group) is 1. The summed E-state index contributed by atoms with van der Waals surface area (Å²) in [4.78, 5) is 19.3. The van der Waals surface area contributed by atoms with E-state index in [0.29, 0.717) is 11.1 Å². The fourth-order valence-corrected chi connectivity index (χ4v) is 3.99. The van der Waals surface area contributed by atoms with E-state index < -0.39 is 0 Å². The summed E-state index contributed by atoms with van der Waals surface area (Å²) in [6, 6.07) is 4.44. The van der Waals surface area contributed by atoms with Crippen molar-refractivity contribution in [2.75, 3.05) is 65.3 Å². The van der Waals surface area contributed by atoms with Crippen LogP contribution < -0.4 is 10.1 Å². The van der Waals surface area contributed by atoms with Crippen LogP contribution in [0.2, 0.25) is 5.02 Å². The third kappa shape index (κ3) is 4.24. The lowest BCUT2D eigenvalue weighted by Gasteiger charge is -2.46. The van der Waals surface area contributed by atoms with E-state index in [1.165, 1.54) is 0 Å². The molecule has 2 fully saturated rings. The number of carbonyl (C=O) groups is 1. The monoisotopic (exact) mass is 380 g/mol. The van der Waals surface area contributed by atoms with Gasteiger partial charge in [0, 0.05) is 50.3 Å². The second-order valence-electron chi connectivity index (χ2n) is 7.14. The number of hydrogen-bond acceptors (Lipinski definition) is 5. The quantitative estimate of drug-likeness (QED) is 0.815. The predicted molar refractivity (Wildman–Crippen MR) is 105 cm³/mol. The summed E-state index contributed by atoms with van der Waals surface area (Å²) in [5.41, 5.74) is 1.80. The van der Waals surface area contributed by atoms with Crippen LogP contribution >= 0.6 is 11.6 Å². The highest BCUT2D eigenvalue weighted by atomic mass is 35.5. The number of aryl methyl sites for hydroxylation is 1. The summed E-state index contributed by atoms with van der Waals surface area (Å²) >= 11 is 6.30. The van der Waals surface area contributed by atoms with E-state index in [4.69, 9.17) is 16.3 Å². The number of nitrogens with one attached hydrogen (secondary N) is 1. The molecule has 1 aromatic carbocycles. The number of ether oxygens (including phenoxy) is 1. The minimum atomic E-state index is 0.119. The van der Waals surface area contributed by atoms with Crippen molar-refractivity contribution >= 4 is 23.2 Å². The summed E-state index contributed by atoms with van der Waals surface area (Å²) in [6.45, 7) is 8.12. The van der Waals surface area contributed by atoms with Gasteiger partial charge >= 0.3 is 0 Å². The van der Waals surface area contributed by atoms with Crippen molar-refractivity contribution in [3.63, 3.8) is 0 Å². The Morgan fingerprint density at radius 2 is 1.96 bits per heavy atom. The van der Waals surface area contributed by atoms with Gasteiger partial charge < -0.3 is 19.9 Å². The zero-order chi connectivity index (χ0) is 18.7. The lowest BCUT2D eigenvalue weighted by atomic mass is 10.1. The first-order valence-electron chi connectivity index (χ1n) is 9.32. The number of methoxy groups -OCH3 is 1. The van der Waals surface area contributed by atoms with Gasteiger partial charge in [-0.15, -0.1) is 0 Å². The van der Waals surface area contributed by atoms with Gasteiger partial charge in [-0.05, 0) is 31.2 Å². The van der Waals surface area contributed by atoms with E-state index in [1.54, 1.807) is 7.11 Å². The molecule has 0 unspecified atom stereocenters. The minimum Gasteiger partial charge on any atom is -0.495 e. The molecule has 0 aromatic heterocycles. The van der Waals surface area contributed by atoms with Crippen LogP contribution in [0.4, 0.5) is 5.69 Å². The highest BCUT2D eigenvalue weighted by molar-refractivity contribution is 6.31. The molecule has 1 amide bonds. The average molecular weight is 381 g/mol. The molecule has 26 heavy (non-hydrogen) atoms. The number of anilines is 1. The van der Waals surface area contributed by atoms with Crippen LogP contribution in [0.3, 0.4) is 0 Å². The summed E-state index contributed by atoms with van der Waals surface area (Å²) in [6.07, 6.45) is 0.843. The van der Waals surface area contributed by atoms with Crippen molar-refractivity contribution in [1.82, 2.24) is 14.7 Å².